The average molecular weight is 230 g/mol. The first-order valence-corrected chi connectivity index (χ1v) is 7.01. The molecule has 2 nitrogen and oxygen atoms in total. The zero-order chi connectivity index (χ0) is 11.7. The summed E-state index contributed by atoms with van der Waals surface area (Å²) in [7, 11) is 0. The van der Waals surface area contributed by atoms with Gasteiger partial charge in [0.2, 0.25) is 0 Å². The second kappa shape index (κ2) is 4.77. The minimum atomic E-state index is 0.538. The van der Waals surface area contributed by atoms with Crippen molar-refractivity contribution in [2.45, 2.75) is 38.6 Å². The highest BCUT2D eigenvalue weighted by Gasteiger charge is 2.47. The lowest BCUT2D eigenvalue weighted by atomic mass is 9.90. The summed E-state index contributed by atoms with van der Waals surface area (Å²) in [6.45, 7) is 3.35. The molecule has 0 radical (unpaired) electrons. The lowest BCUT2D eigenvalue weighted by Crippen LogP contribution is -2.28. The van der Waals surface area contributed by atoms with Crippen LogP contribution in [0.4, 0.5) is 0 Å². The number of rotatable bonds is 5. The van der Waals surface area contributed by atoms with Crippen LogP contribution >= 0.6 is 0 Å². The van der Waals surface area contributed by atoms with Crippen LogP contribution in [-0.2, 0) is 0 Å². The third-order valence-electron chi connectivity index (χ3n) is 4.41. The summed E-state index contributed by atoms with van der Waals surface area (Å²) >= 11 is 0. The Labute approximate surface area is 104 Å². The highest BCUT2D eigenvalue weighted by molar-refractivity contribution is 5.17. The van der Waals surface area contributed by atoms with Gasteiger partial charge in [-0.05, 0) is 61.6 Å². The Hall–Kier alpha value is -0.890. The number of fused-ring (bicyclic) bond motifs is 1. The van der Waals surface area contributed by atoms with Crippen LogP contribution < -0.4 is 5.32 Å². The Balaban J connectivity index is 1.72. The maximum Gasteiger partial charge on any atom is 0.0364 e. The van der Waals surface area contributed by atoms with Crippen LogP contribution in [0.2, 0.25) is 0 Å². The van der Waals surface area contributed by atoms with Crippen molar-refractivity contribution in [2.24, 2.45) is 17.8 Å². The Kier molecular flexibility index (Phi) is 3.15. The third kappa shape index (κ3) is 2.37. The second-order valence-corrected chi connectivity index (χ2v) is 5.71. The van der Waals surface area contributed by atoms with Crippen molar-refractivity contribution < 1.29 is 0 Å². The van der Waals surface area contributed by atoms with Crippen LogP contribution in [0, 0.1) is 17.8 Å². The lowest BCUT2D eigenvalue weighted by molar-refractivity contribution is 0.341. The molecular weight excluding hydrogens is 208 g/mol. The van der Waals surface area contributed by atoms with E-state index in [1.54, 1.807) is 0 Å². The Morgan fingerprint density at radius 2 is 2.18 bits per heavy atom. The van der Waals surface area contributed by atoms with Gasteiger partial charge in [0.1, 0.15) is 0 Å². The van der Waals surface area contributed by atoms with Gasteiger partial charge in [0, 0.05) is 18.4 Å². The van der Waals surface area contributed by atoms with Gasteiger partial charge in [-0.1, -0.05) is 13.0 Å². The number of aromatic nitrogens is 1. The SMILES string of the molecule is CCCNC(c1cccnc1)C1CC2CC2C1. The summed E-state index contributed by atoms with van der Waals surface area (Å²) in [5.41, 5.74) is 1.38. The second-order valence-electron chi connectivity index (χ2n) is 5.71. The topological polar surface area (TPSA) is 24.9 Å². The van der Waals surface area contributed by atoms with E-state index in [0.29, 0.717) is 6.04 Å². The number of hydrogen-bond acceptors (Lipinski definition) is 2. The molecule has 2 aliphatic carbocycles. The number of nitrogens with zero attached hydrogens (tertiary/aromatic N) is 1. The monoisotopic (exact) mass is 230 g/mol. The minimum absolute atomic E-state index is 0.538. The van der Waals surface area contributed by atoms with Crippen LogP contribution in [0.15, 0.2) is 24.5 Å². The highest BCUT2D eigenvalue weighted by Crippen LogP contribution is 2.57. The van der Waals surface area contributed by atoms with E-state index in [1.807, 2.05) is 12.4 Å². The van der Waals surface area contributed by atoms with Crippen molar-refractivity contribution in [2.75, 3.05) is 6.54 Å². The molecule has 3 unspecified atom stereocenters. The van der Waals surface area contributed by atoms with Crippen LogP contribution in [0.5, 0.6) is 0 Å². The summed E-state index contributed by atoms with van der Waals surface area (Å²) in [6.07, 6.45) is 9.48. The first-order chi connectivity index (χ1) is 8.38. The molecule has 1 aromatic rings. The van der Waals surface area contributed by atoms with Gasteiger partial charge in [0.05, 0.1) is 0 Å². The molecule has 1 N–H and O–H groups in total. The van der Waals surface area contributed by atoms with E-state index in [0.717, 1.165) is 24.3 Å². The number of nitrogens with one attached hydrogen (secondary N) is 1. The molecule has 2 aliphatic rings. The van der Waals surface area contributed by atoms with Gasteiger partial charge in [-0.25, -0.2) is 0 Å². The van der Waals surface area contributed by atoms with Gasteiger partial charge in [-0.3, -0.25) is 4.98 Å². The molecule has 0 amide bonds. The molecule has 0 bridgehead atoms. The summed E-state index contributed by atoms with van der Waals surface area (Å²) in [5.74, 6) is 2.96. The first kappa shape index (κ1) is 11.2. The molecule has 0 saturated heterocycles. The molecule has 1 heterocycles. The van der Waals surface area contributed by atoms with Gasteiger partial charge in [-0.15, -0.1) is 0 Å². The van der Waals surface area contributed by atoms with Crippen LogP contribution in [0.1, 0.15) is 44.2 Å². The molecule has 2 fully saturated rings. The molecule has 92 valence electrons. The Morgan fingerprint density at radius 1 is 1.35 bits per heavy atom. The van der Waals surface area contributed by atoms with Crippen LogP contribution in [-0.4, -0.2) is 11.5 Å². The summed E-state index contributed by atoms with van der Waals surface area (Å²) < 4.78 is 0. The molecule has 3 rings (SSSR count). The van der Waals surface area contributed by atoms with Crippen LogP contribution in [0.25, 0.3) is 0 Å². The maximum atomic E-state index is 4.28. The summed E-state index contributed by atoms with van der Waals surface area (Å²) in [5, 5.41) is 3.73. The van der Waals surface area contributed by atoms with Crippen LogP contribution in [0.3, 0.4) is 0 Å². The molecule has 2 saturated carbocycles. The molecule has 3 atom stereocenters. The molecule has 1 aromatic heterocycles. The number of hydrogen-bond donors (Lipinski definition) is 1. The van der Waals surface area contributed by atoms with E-state index in [9.17, 15) is 0 Å². The molecule has 17 heavy (non-hydrogen) atoms. The van der Waals surface area contributed by atoms with Gasteiger partial charge in [-0.2, -0.15) is 0 Å². The number of pyridine rings is 1. The molecule has 0 aliphatic heterocycles. The predicted molar refractivity (Wildman–Crippen MR) is 69.6 cm³/mol. The fourth-order valence-electron chi connectivity index (χ4n) is 3.45. The molecular formula is C15H22N2. The smallest absolute Gasteiger partial charge is 0.0364 e. The Morgan fingerprint density at radius 3 is 2.82 bits per heavy atom. The fraction of sp³-hybridized carbons (Fsp3) is 0.667. The summed E-state index contributed by atoms with van der Waals surface area (Å²) in [6, 6.07) is 4.83. The normalized spacial score (nSPS) is 32.2. The predicted octanol–water partition coefficient (Wildman–Crippen LogP) is 3.17. The van der Waals surface area contributed by atoms with E-state index in [1.165, 1.54) is 31.2 Å². The molecule has 2 heteroatoms. The molecule has 0 spiro atoms. The van der Waals surface area contributed by atoms with Crippen molar-refractivity contribution in [1.82, 2.24) is 10.3 Å². The zero-order valence-electron chi connectivity index (χ0n) is 10.6. The zero-order valence-corrected chi connectivity index (χ0v) is 10.6. The standard InChI is InChI=1S/C15H22N2/c1-2-5-17-15(11-4-3-6-16-10-11)14-8-12-7-13(12)9-14/h3-4,6,10,12-15,17H,2,5,7-9H2,1H3. The van der Waals surface area contributed by atoms with Crippen molar-refractivity contribution in [3.63, 3.8) is 0 Å². The lowest BCUT2D eigenvalue weighted by Gasteiger charge is -2.26. The third-order valence-corrected chi connectivity index (χ3v) is 4.41. The van der Waals surface area contributed by atoms with Gasteiger partial charge >= 0.3 is 0 Å². The minimum Gasteiger partial charge on any atom is -0.310 e. The Bertz CT molecular complexity index is 352. The first-order valence-electron chi connectivity index (χ1n) is 7.01. The molecule has 0 aromatic carbocycles. The van der Waals surface area contributed by atoms with E-state index >= 15 is 0 Å². The van der Waals surface area contributed by atoms with Crippen molar-refractivity contribution in [3.8, 4) is 0 Å². The van der Waals surface area contributed by atoms with Gasteiger partial charge < -0.3 is 5.32 Å². The van der Waals surface area contributed by atoms with E-state index in [4.69, 9.17) is 0 Å². The van der Waals surface area contributed by atoms with E-state index < -0.39 is 0 Å². The maximum absolute atomic E-state index is 4.28. The van der Waals surface area contributed by atoms with Gasteiger partial charge in [0.15, 0.2) is 0 Å². The van der Waals surface area contributed by atoms with Crippen molar-refractivity contribution >= 4 is 0 Å². The largest absolute Gasteiger partial charge is 0.310 e. The fourth-order valence-corrected chi connectivity index (χ4v) is 3.45. The average Bonchev–Trinajstić information content (AvgIpc) is 2.98. The van der Waals surface area contributed by atoms with Crippen molar-refractivity contribution in [1.29, 1.82) is 0 Å². The van der Waals surface area contributed by atoms with E-state index in [2.05, 4.69) is 29.4 Å². The summed E-state index contributed by atoms with van der Waals surface area (Å²) in [4.78, 5) is 4.28. The highest BCUT2D eigenvalue weighted by atomic mass is 14.9. The quantitative estimate of drug-likeness (QED) is 0.840. The van der Waals surface area contributed by atoms with Gasteiger partial charge in [0.25, 0.3) is 0 Å². The van der Waals surface area contributed by atoms with Crippen molar-refractivity contribution in [3.05, 3.63) is 30.1 Å². The van der Waals surface area contributed by atoms with E-state index in [-0.39, 0.29) is 0 Å².